The molecule has 1 rings (SSSR count). The molecule has 0 atom stereocenters. The molecule has 0 bridgehead atoms. The van der Waals surface area contributed by atoms with Crippen LogP contribution in [0.5, 0.6) is 0 Å². The van der Waals surface area contributed by atoms with Gasteiger partial charge in [0.2, 0.25) is 10.0 Å². The highest BCUT2D eigenvalue weighted by molar-refractivity contribution is 7.89. The molecule has 8 heteroatoms. The molecule has 0 spiro atoms. The van der Waals surface area contributed by atoms with Crippen LogP contribution in [0.3, 0.4) is 0 Å². The second kappa shape index (κ2) is 8.79. The van der Waals surface area contributed by atoms with Gasteiger partial charge in [-0.2, -0.15) is 4.31 Å². The largest absolute Gasteiger partial charge is 0.452 e. The van der Waals surface area contributed by atoms with Gasteiger partial charge in [-0.15, -0.1) is 0 Å². The maximum absolute atomic E-state index is 12.4. The highest BCUT2D eigenvalue weighted by atomic mass is 32.2. The molecule has 24 heavy (non-hydrogen) atoms. The Labute approximate surface area is 143 Å². The highest BCUT2D eigenvalue weighted by Crippen LogP contribution is 2.18. The van der Waals surface area contributed by atoms with Gasteiger partial charge in [-0.05, 0) is 38.5 Å². The Bertz CT molecular complexity index is 685. The van der Waals surface area contributed by atoms with Crippen molar-refractivity contribution in [3.05, 3.63) is 29.8 Å². The van der Waals surface area contributed by atoms with Crippen LogP contribution in [0.4, 0.5) is 0 Å². The molecule has 1 amide bonds. The van der Waals surface area contributed by atoms with Crippen molar-refractivity contribution in [3.8, 4) is 0 Å². The summed E-state index contributed by atoms with van der Waals surface area (Å²) in [5.74, 6) is -1.14. The van der Waals surface area contributed by atoms with E-state index >= 15 is 0 Å². The third-order valence-electron chi connectivity index (χ3n) is 3.38. The van der Waals surface area contributed by atoms with E-state index in [4.69, 9.17) is 4.74 Å². The van der Waals surface area contributed by atoms with Crippen molar-refractivity contribution < 1.29 is 22.7 Å². The number of carbonyl (C=O) groups is 2. The van der Waals surface area contributed by atoms with Gasteiger partial charge >= 0.3 is 5.97 Å². The van der Waals surface area contributed by atoms with E-state index in [-0.39, 0.29) is 16.5 Å². The highest BCUT2D eigenvalue weighted by Gasteiger charge is 2.24. The predicted molar refractivity (Wildman–Crippen MR) is 90.1 cm³/mol. The lowest BCUT2D eigenvalue weighted by molar-refractivity contribution is -0.124. The maximum atomic E-state index is 12.4. The fourth-order valence-corrected chi connectivity index (χ4v) is 3.17. The topological polar surface area (TPSA) is 92.8 Å². The molecular weight excluding hydrogens is 332 g/mol. The van der Waals surface area contributed by atoms with Crippen molar-refractivity contribution in [2.45, 2.75) is 38.1 Å². The molecule has 1 N–H and O–H groups in total. The van der Waals surface area contributed by atoms with Crippen LogP contribution in [0.1, 0.15) is 37.6 Å². The quantitative estimate of drug-likeness (QED) is 0.711. The summed E-state index contributed by atoms with van der Waals surface area (Å²) in [6.45, 7) is 5.52. The summed E-state index contributed by atoms with van der Waals surface area (Å²) < 4.78 is 31.0. The predicted octanol–water partition coefficient (Wildman–Crippen LogP) is 1.40. The molecule has 134 valence electrons. The minimum atomic E-state index is -3.69. The lowest BCUT2D eigenvalue weighted by Gasteiger charge is -2.21. The minimum Gasteiger partial charge on any atom is -0.452 e. The lowest BCUT2D eigenvalue weighted by atomic mass is 10.2. The van der Waals surface area contributed by atoms with E-state index in [1.807, 2.05) is 6.92 Å². The van der Waals surface area contributed by atoms with Crippen molar-refractivity contribution >= 4 is 21.9 Å². The van der Waals surface area contributed by atoms with Crippen molar-refractivity contribution in [1.82, 2.24) is 9.62 Å². The van der Waals surface area contributed by atoms with E-state index in [0.29, 0.717) is 6.54 Å². The van der Waals surface area contributed by atoms with Crippen LogP contribution in [-0.4, -0.2) is 50.8 Å². The van der Waals surface area contributed by atoms with Crippen molar-refractivity contribution in [3.63, 3.8) is 0 Å². The Kier molecular flexibility index (Phi) is 7.37. The number of amides is 1. The summed E-state index contributed by atoms with van der Waals surface area (Å²) in [5.41, 5.74) is 0.0801. The summed E-state index contributed by atoms with van der Waals surface area (Å²) in [6.07, 6.45) is 0.781. The number of carbonyl (C=O) groups excluding carboxylic acids is 2. The number of nitrogens with one attached hydrogen (secondary N) is 1. The molecule has 0 saturated carbocycles. The summed E-state index contributed by atoms with van der Waals surface area (Å²) in [5, 5.41) is 2.58. The molecule has 0 aromatic heterocycles. The standard InChI is InChI=1S/C16H24N2O5S/c1-5-9-17-15(19)11-23-16(20)13-7-6-8-14(10-13)24(21,22)18(4)12(2)3/h6-8,10,12H,5,9,11H2,1-4H3,(H,17,19). The number of esters is 1. The van der Waals surface area contributed by atoms with Crippen LogP contribution in [-0.2, 0) is 19.6 Å². The van der Waals surface area contributed by atoms with E-state index in [9.17, 15) is 18.0 Å². The second-order valence-corrected chi connectivity index (χ2v) is 7.57. The van der Waals surface area contributed by atoms with Crippen LogP contribution in [0.25, 0.3) is 0 Å². The van der Waals surface area contributed by atoms with Gasteiger partial charge in [0.05, 0.1) is 10.5 Å². The van der Waals surface area contributed by atoms with Crippen LogP contribution in [0.2, 0.25) is 0 Å². The third kappa shape index (κ3) is 5.31. The zero-order valence-corrected chi connectivity index (χ0v) is 15.2. The first-order valence-corrected chi connectivity index (χ1v) is 9.16. The van der Waals surface area contributed by atoms with Gasteiger partial charge < -0.3 is 10.1 Å². The average molecular weight is 356 g/mol. The number of benzene rings is 1. The number of sulfonamides is 1. The van der Waals surface area contributed by atoms with Crippen LogP contribution in [0.15, 0.2) is 29.2 Å². The van der Waals surface area contributed by atoms with E-state index in [1.165, 1.54) is 35.6 Å². The average Bonchev–Trinajstić information content (AvgIpc) is 2.56. The minimum absolute atomic E-state index is 0.00332. The second-order valence-electron chi connectivity index (χ2n) is 5.57. The van der Waals surface area contributed by atoms with Gasteiger partial charge in [0, 0.05) is 19.6 Å². The van der Waals surface area contributed by atoms with Gasteiger partial charge in [0.25, 0.3) is 5.91 Å². The molecule has 0 fully saturated rings. The molecule has 0 aliphatic carbocycles. The molecule has 0 saturated heterocycles. The molecule has 1 aromatic rings. The molecular formula is C16H24N2O5S. The van der Waals surface area contributed by atoms with Crippen molar-refractivity contribution in [1.29, 1.82) is 0 Å². The van der Waals surface area contributed by atoms with Crippen LogP contribution < -0.4 is 5.32 Å². The van der Waals surface area contributed by atoms with Crippen LogP contribution in [0, 0.1) is 0 Å². The Morgan fingerprint density at radius 3 is 2.54 bits per heavy atom. The zero-order valence-electron chi connectivity index (χ0n) is 14.4. The van der Waals surface area contributed by atoms with Gasteiger partial charge in [-0.3, -0.25) is 4.79 Å². The monoisotopic (exact) mass is 356 g/mol. The van der Waals surface area contributed by atoms with Gasteiger partial charge in [-0.1, -0.05) is 13.0 Å². The molecule has 7 nitrogen and oxygen atoms in total. The fourth-order valence-electron chi connectivity index (χ4n) is 1.76. The normalized spacial score (nSPS) is 11.6. The molecule has 0 unspecified atom stereocenters. The fraction of sp³-hybridized carbons (Fsp3) is 0.500. The van der Waals surface area contributed by atoms with Gasteiger partial charge in [-0.25, -0.2) is 13.2 Å². The summed E-state index contributed by atoms with van der Waals surface area (Å²) in [4.78, 5) is 23.4. The Balaban J connectivity index is 2.85. The molecule has 1 aromatic carbocycles. The van der Waals surface area contributed by atoms with E-state index < -0.39 is 28.5 Å². The van der Waals surface area contributed by atoms with Gasteiger partial charge in [0.15, 0.2) is 6.61 Å². The smallest absolute Gasteiger partial charge is 0.338 e. The summed E-state index contributed by atoms with van der Waals surface area (Å²) >= 11 is 0. The maximum Gasteiger partial charge on any atom is 0.338 e. The van der Waals surface area contributed by atoms with Crippen LogP contribution >= 0.6 is 0 Å². The van der Waals surface area contributed by atoms with E-state index in [2.05, 4.69) is 5.32 Å². The van der Waals surface area contributed by atoms with Crippen molar-refractivity contribution in [2.75, 3.05) is 20.2 Å². The Hall–Kier alpha value is -1.93. The first-order chi connectivity index (χ1) is 11.2. The Morgan fingerprint density at radius 1 is 1.29 bits per heavy atom. The SMILES string of the molecule is CCCNC(=O)COC(=O)c1cccc(S(=O)(=O)N(C)C(C)C)c1. The summed E-state index contributed by atoms with van der Waals surface area (Å²) in [7, 11) is -2.22. The van der Waals surface area contributed by atoms with E-state index in [0.717, 1.165) is 6.42 Å². The Morgan fingerprint density at radius 2 is 1.96 bits per heavy atom. The third-order valence-corrected chi connectivity index (χ3v) is 5.41. The molecule has 0 aliphatic rings. The summed E-state index contributed by atoms with van der Waals surface area (Å²) in [6, 6.07) is 5.36. The first-order valence-electron chi connectivity index (χ1n) is 7.72. The zero-order chi connectivity index (χ0) is 18.3. The molecule has 0 aliphatic heterocycles. The molecule has 0 heterocycles. The van der Waals surface area contributed by atoms with Gasteiger partial charge in [0.1, 0.15) is 0 Å². The lowest BCUT2D eigenvalue weighted by Crippen LogP contribution is -2.33. The first kappa shape index (κ1) is 20.1. The number of hydrogen-bond donors (Lipinski definition) is 1. The van der Waals surface area contributed by atoms with Crippen molar-refractivity contribution in [2.24, 2.45) is 0 Å². The number of hydrogen-bond acceptors (Lipinski definition) is 5. The number of ether oxygens (including phenoxy) is 1. The van der Waals surface area contributed by atoms with E-state index in [1.54, 1.807) is 13.8 Å². The molecule has 0 radical (unpaired) electrons. The number of rotatable bonds is 8. The number of nitrogens with zero attached hydrogens (tertiary/aromatic N) is 1.